The molecule has 3 amide bonds. The molecule has 2 aromatic carbocycles. The van der Waals surface area contributed by atoms with Gasteiger partial charge in [0.1, 0.15) is 0 Å². The number of benzene rings is 2. The summed E-state index contributed by atoms with van der Waals surface area (Å²) in [4.78, 5) is 36.3. The summed E-state index contributed by atoms with van der Waals surface area (Å²) >= 11 is 0. The third-order valence-corrected chi connectivity index (χ3v) is 3.81. The molecule has 0 aliphatic heterocycles. The van der Waals surface area contributed by atoms with Crippen molar-refractivity contribution >= 4 is 23.4 Å². The fourth-order valence-corrected chi connectivity index (χ4v) is 2.34. The molecule has 1 aliphatic carbocycles. The molecule has 1 aliphatic rings. The van der Waals surface area contributed by atoms with Crippen LogP contribution in [0.25, 0.3) is 0 Å². The molecule has 3 N–H and O–H groups in total. The Hall–Kier alpha value is -3.15. The monoisotopic (exact) mass is 337 g/mol. The van der Waals surface area contributed by atoms with Gasteiger partial charge in [0.05, 0.1) is 17.8 Å². The fourth-order valence-electron chi connectivity index (χ4n) is 2.34. The van der Waals surface area contributed by atoms with Gasteiger partial charge in [-0.2, -0.15) is 0 Å². The van der Waals surface area contributed by atoms with E-state index in [1.165, 1.54) is 0 Å². The van der Waals surface area contributed by atoms with Crippen molar-refractivity contribution in [3.05, 3.63) is 65.7 Å². The standard InChI is InChI=1S/C19H19N3O3/c23-17(21-14-10-11-14)12-20-19(25)15-8-4-5-9-16(15)22-18(24)13-6-2-1-3-7-13/h1-9,14H,10-12H2,(H,20,25)(H,21,23)(H,22,24). The summed E-state index contributed by atoms with van der Waals surface area (Å²) in [6.07, 6.45) is 1.99. The zero-order valence-electron chi connectivity index (χ0n) is 13.6. The number of nitrogens with one attached hydrogen (secondary N) is 3. The van der Waals surface area contributed by atoms with E-state index in [1.807, 2.05) is 6.07 Å². The van der Waals surface area contributed by atoms with E-state index in [1.54, 1.807) is 48.5 Å². The average Bonchev–Trinajstić information content (AvgIpc) is 3.45. The van der Waals surface area contributed by atoms with E-state index in [4.69, 9.17) is 0 Å². The second-order valence-corrected chi connectivity index (χ2v) is 5.89. The molecule has 1 saturated carbocycles. The van der Waals surface area contributed by atoms with Gasteiger partial charge in [-0.3, -0.25) is 14.4 Å². The third-order valence-electron chi connectivity index (χ3n) is 3.81. The normalized spacial score (nSPS) is 13.0. The average molecular weight is 337 g/mol. The van der Waals surface area contributed by atoms with Gasteiger partial charge in [-0.1, -0.05) is 30.3 Å². The second-order valence-electron chi connectivity index (χ2n) is 5.89. The van der Waals surface area contributed by atoms with Crippen LogP contribution in [0.2, 0.25) is 0 Å². The molecule has 0 radical (unpaired) electrons. The molecule has 0 bridgehead atoms. The largest absolute Gasteiger partial charge is 0.352 e. The first kappa shape index (κ1) is 16.7. The molecule has 128 valence electrons. The predicted octanol–water partition coefficient (Wildman–Crippen LogP) is 1.95. The Kier molecular flexibility index (Phi) is 5.09. The highest BCUT2D eigenvalue weighted by Crippen LogP contribution is 2.18. The minimum atomic E-state index is -0.407. The van der Waals surface area contributed by atoms with E-state index in [-0.39, 0.29) is 24.4 Å². The van der Waals surface area contributed by atoms with Crippen LogP contribution in [0.3, 0.4) is 0 Å². The number of hydrogen-bond acceptors (Lipinski definition) is 3. The Morgan fingerprint density at radius 1 is 0.880 bits per heavy atom. The zero-order valence-corrected chi connectivity index (χ0v) is 13.6. The lowest BCUT2D eigenvalue weighted by atomic mass is 10.1. The Bertz CT molecular complexity index is 786. The molecule has 0 saturated heterocycles. The first-order valence-electron chi connectivity index (χ1n) is 8.16. The highest BCUT2D eigenvalue weighted by Gasteiger charge is 2.23. The van der Waals surface area contributed by atoms with Crippen molar-refractivity contribution in [2.45, 2.75) is 18.9 Å². The van der Waals surface area contributed by atoms with Crippen molar-refractivity contribution in [2.75, 3.05) is 11.9 Å². The van der Waals surface area contributed by atoms with Gasteiger partial charge >= 0.3 is 0 Å². The Labute approximate surface area is 145 Å². The SMILES string of the molecule is O=C(CNC(=O)c1ccccc1NC(=O)c1ccccc1)NC1CC1. The molecule has 0 heterocycles. The summed E-state index contributed by atoms with van der Waals surface area (Å²) in [7, 11) is 0. The minimum Gasteiger partial charge on any atom is -0.352 e. The van der Waals surface area contributed by atoms with E-state index in [2.05, 4.69) is 16.0 Å². The lowest BCUT2D eigenvalue weighted by Crippen LogP contribution is -2.38. The van der Waals surface area contributed by atoms with Crippen LogP contribution < -0.4 is 16.0 Å². The maximum absolute atomic E-state index is 12.3. The van der Waals surface area contributed by atoms with E-state index in [9.17, 15) is 14.4 Å². The predicted molar refractivity (Wildman–Crippen MR) is 94.3 cm³/mol. The van der Waals surface area contributed by atoms with Crippen molar-refractivity contribution < 1.29 is 14.4 Å². The third kappa shape index (κ3) is 4.67. The molecule has 2 aromatic rings. The summed E-state index contributed by atoms with van der Waals surface area (Å²) in [5.41, 5.74) is 1.21. The van der Waals surface area contributed by atoms with Gasteiger partial charge in [-0.25, -0.2) is 0 Å². The molecule has 0 spiro atoms. The van der Waals surface area contributed by atoms with Gasteiger partial charge in [0.25, 0.3) is 11.8 Å². The number of para-hydroxylation sites is 1. The maximum atomic E-state index is 12.3. The first-order chi connectivity index (χ1) is 12.1. The molecule has 0 atom stereocenters. The van der Waals surface area contributed by atoms with Crippen LogP contribution in [-0.4, -0.2) is 30.3 Å². The Balaban J connectivity index is 1.64. The van der Waals surface area contributed by atoms with E-state index in [0.29, 0.717) is 16.8 Å². The van der Waals surface area contributed by atoms with Crippen LogP contribution in [0.5, 0.6) is 0 Å². The van der Waals surface area contributed by atoms with Gasteiger partial charge in [0.15, 0.2) is 0 Å². The molecular weight excluding hydrogens is 318 g/mol. The number of carbonyl (C=O) groups is 3. The van der Waals surface area contributed by atoms with E-state index in [0.717, 1.165) is 12.8 Å². The van der Waals surface area contributed by atoms with Gasteiger partial charge in [-0.05, 0) is 37.1 Å². The van der Waals surface area contributed by atoms with Crippen molar-refractivity contribution in [3.63, 3.8) is 0 Å². The van der Waals surface area contributed by atoms with E-state index < -0.39 is 5.91 Å². The summed E-state index contributed by atoms with van der Waals surface area (Å²) in [6.45, 7) is -0.0870. The first-order valence-corrected chi connectivity index (χ1v) is 8.16. The van der Waals surface area contributed by atoms with Crippen LogP contribution in [0.4, 0.5) is 5.69 Å². The van der Waals surface area contributed by atoms with Gasteiger partial charge in [0, 0.05) is 11.6 Å². The highest BCUT2D eigenvalue weighted by molar-refractivity contribution is 6.09. The van der Waals surface area contributed by atoms with Gasteiger partial charge in [-0.15, -0.1) is 0 Å². The summed E-state index contributed by atoms with van der Waals surface area (Å²) in [5.74, 6) is -0.913. The lowest BCUT2D eigenvalue weighted by Gasteiger charge is -2.11. The lowest BCUT2D eigenvalue weighted by molar-refractivity contribution is -0.120. The molecule has 3 rings (SSSR count). The number of amides is 3. The Morgan fingerprint density at radius 2 is 1.56 bits per heavy atom. The number of hydrogen-bond donors (Lipinski definition) is 3. The summed E-state index contributed by atoms with van der Waals surface area (Å²) in [6, 6.07) is 15.7. The van der Waals surface area contributed by atoms with Gasteiger partial charge < -0.3 is 16.0 Å². The summed E-state index contributed by atoms with van der Waals surface area (Å²) in [5, 5.41) is 8.13. The van der Waals surface area contributed by atoms with Crippen LogP contribution in [0.1, 0.15) is 33.6 Å². The summed E-state index contributed by atoms with van der Waals surface area (Å²) < 4.78 is 0. The Morgan fingerprint density at radius 3 is 2.28 bits per heavy atom. The molecule has 0 unspecified atom stereocenters. The number of rotatable bonds is 6. The smallest absolute Gasteiger partial charge is 0.255 e. The number of anilines is 1. The van der Waals surface area contributed by atoms with Crippen LogP contribution in [-0.2, 0) is 4.79 Å². The molecule has 0 aromatic heterocycles. The second kappa shape index (κ2) is 7.61. The topological polar surface area (TPSA) is 87.3 Å². The molecule has 6 nitrogen and oxygen atoms in total. The fraction of sp³-hybridized carbons (Fsp3) is 0.211. The van der Waals surface area contributed by atoms with Crippen LogP contribution >= 0.6 is 0 Å². The maximum Gasteiger partial charge on any atom is 0.255 e. The van der Waals surface area contributed by atoms with Crippen LogP contribution in [0.15, 0.2) is 54.6 Å². The van der Waals surface area contributed by atoms with E-state index >= 15 is 0 Å². The quantitative estimate of drug-likeness (QED) is 0.753. The highest BCUT2D eigenvalue weighted by atomic mass is 16.2. The molecule has 1 fully saturated rings. The van der Waals surface area contributed by atoms with Gasteiger partial charge in [0.2, 0.25) is 5.91 Å². The van der Waals surface area contributed by atoms with Crippen molar-refractivity contribution in [1.82, 2.24) is 10.6 Å². The number of carbonyl (C=O) groups excluding carboxylic acids is 3. The minimum absolute atomic E-state index is 0.0870. The molecule has 6 heteroatoms. The van der Waals surface area contributed by atoms with Crippen LogP contribution in [0, 0.1) is 0 Å². The van der Waals surface area contributed by atoms with Crippen molar-refractivity contribution in [1.29, 1.82) is 0 Å². The van der Waals surface area contributed by atoms with Crippen molar-refractivity contribution in [2.24, 2.45) is 0 Å². The molecule has 25 heavy (non-hydrogen) atoms. The van der Waals surface area contributed by atoms with Crippen molar-refractivity contribution in [3.8, 4) is 0 Å². The molecular formula is C19H19N3O3. The zero-order chi connectivity index (χ0) is 17.6.